The number of fused-ring (bicyclic) bond motifs is 2. The van der Waals surface area contributed by atoms with E-state index >= 15 is 0 Å². The van der Waals surface area contributed by atoms with Gasteiger partial charge in [-0.1, -0.05) is 6.08 Å². The molecular formula is C26H30N6O3S. The summed E-state index contributed by atoms with van der Waals surface area (Å²) in [5.74, 6) is 0. The Kier molecular flexibility index (Phi) is 7.45. The largest absolute Gasteiger partial charge is 0.383 e. The van der Waals surface area contributed by atoms with Crippen molar-refractivity contribution in [3.63, 3.8) is 0 Å². The molecule has 0 spiro atoms. The summed E-state index contributed by atoms with van der Waals surface area (Å²) in [4.78, 5) is 29.1. The maximum atomic E-state index is 13.1. The van der Waals surface area contributed by atoms with Gasteiger partial charge in [-0.05, 0) is 42.3 Å². The molecule has 36 heavy (non-hydrogen) atoms. The van der Waals surface area contributed by atoms with Crippen molar-refractivity contribution >= 4 is 55.6 Å². The molecule has 4 aromatic rings. The number of carbonyl (C=O) groups is 1. The lowest BCUT2D eigenvalue weighted by molar-refractivity contribution is 0.105. The summed E-state index contributed by atoms with van der Waals surface area (Å²) in [6, 6.07) is 10.3. The molecule has 0 atom stereocenters. The Morgan fingerprint density at radius 1 is 1.17 bits per heavy atom. The van der Waals surface area contributed by atoms with E-state index in [4.69, 9.17) is 9.47 Å². The van der Waals surface area contributed by atoms with Crippen molar-refractivity contribution in [3.05, 3.63) is 53.8 Å². The summed E-state index contributed by atoms with van der Waals surface area (Å²) in [5.41, 5.74) is 7.93. The zero-order valence-corrected chi connectivity index (χ0v) is 21.3. The number of methoxy groups -OCH3 is 2. The minimum atomic E-state index is 0.0158. The fourth-order valence-corrected chi connectivity index (χ4v) is 5.11. The second kappa shape index (κ2) is 11.1. The van der Waals surface area contributed by atoms with Gasteiger partial charge in [0.15, 0.2) is 0 Å². The lowest BCUT2D eigenvalue weighted by Crippen LogP contribution is -2.47. The monoisotopic (exact) mass is 506 g/mol. The molecule has 1 aliphatic heterocycles. The molecule has 4 heterocycles. The van der Waals surface area contributed by atoms with Gasteiger partial charge in [0.2, 0.25) is 0 Å². The molecule has 5 rings (SSSR count). The minimum Gasteiger partial charge on any atom is -0.383 e. The van der Waals surface area contributed by atoms with Crippen molar-refractivity contribution < 1.29 is 14.3 Å². The number of aromatic nitrogens is 3. The third kappa shape index (κ3) is 5.20. The Labute approximate surface area is 213 Å². The molecular weight excluding hydrogens is 476 g/mol. The Bertz CT molecular complexity index is 1370. The number of hydrogen-bond donors (Lipinski definition) is 2. The van der Waals surface area contributed by atoms with E-state index in [1.54, 1.807) is 36.7 Å². The van der Waals surface area contributed by atoms with Gasteiger partial charge in [0.05, 0.1) is 34.6 Å². The number of anilines is 2. The quantitative estimate of drug-likeness (QED) is 0.341. The summed E-state index contributed by atoms with van der Waals surface area (Å²) < 4.78 is 11.5. The van der Waals surface area contributed by atoms with Gasteiger partial charge in [-0.15, -0.1) is 11.3 Å². The molecule has 10 heteroatoms. The average Bonchev–Trinajstić information content (AvgIpc) is 3.56. The highest BCUT2D eigenvalue weighted by atomic mass is 32.1. The number of ether oxygens (including phenoxy) is 2. The molecule has 0 bridgehead atoms. The molecule has 2 N–H and O–H groups in total. The maximum absolute atomic E-state index is 13.1. The Hall–Kier alpha value is -3.47. The molecule has 9 nitrogen and oxygen atoms in total. The molecule has 0 saturated carbocycles. The van der Waals surface area contributed by atoms with Crippen LogP contribution < -0.4 is 5.32 Å². The van der Waals surface area contributed by atoms with Gasteiger partial charge in [-0.25, -0.2) is 14.8 Å². The van der Waals surface area contributed by atoms with E-state index < -0.39 is 0 Å². The molecule has 0 radical (unpaired) electrons. The number of thiazole rings is 1. The van der Waals surface area contributed by atoms with Crippen LogP contribution in [-0.2, 0) is 9.47 Å². The SMILES string of the molecule is COCCN(CCOC)C(=O)N1CC=C(c2cc3c(Nc4ccc5ncsc5c4)ccnc3[nH]2)CC1. The summed E-state index contributed by atoms with van der Waals surface area (Å²) in [5, 5.41) is 4.56. The predicted molar refractivity (Wildman–Crippen MR) is 144 cm³/mol. The topological polar surface area (TPSA) is 95.6 Å². The fraction of sp³-hybridized carbons (Fsp3) is 0.346. The number of amides is 2. The fourth-order valence-electron chi connectivity index (χ4n) is 4.39. The van der Waals surface area contributed by atoms with E-state index in [0.29, 0.717) is 39.4 Å². The summed E-state index contributed by atoms with van der Waals surface area (Å²) in [6.45, 7) is 3.31. The Morgan fingerprint density at radius 3 is 2.75 bits per heavy atom. The van der Waals surface area contributed by atoms with Crippen LogP contribution in [0.5, 0.6) is 0 Å². The standard InChI is InChI=1S/C26H30N6O3S/c1-34-13-11-32(12-14-35-2)26(33)31-9-6-18(7-10-31)23-16-20-21(5-8-27-25(20)30-23)29-19-3-4-22-24(15-19)36-17-28-22/h3-6,8,15-17H,7,9-14H2,1-2H3,(H2,27,29,30). The van der Waals surface area contributed by atoms with E-state index in [-0.39, 0.29) is 6.03 Å². The van der Waals surface area contributed by atoms with Crippen molar-refractivity contribution in [3.8, 4) is 0 Å². The number of rotatable bonds is 9. The van der Waals surface area contributed by atoms with E-state index in [1.807, 2.05) is 28.6 Å². The van der Waals surface area contributed by atoms with Gasteiger partial charge in [0.1, 0.15) is 5.65 Å². The number of H-pyrrole nitrogens is 1. The third-order valence-corrected chi connectivity index (χ3v) is 7.16. The number of carbonyl (C=O) groups excluding carboxylic acids is 1. The lowest BCUT2D eigenvalue weighted by Gasteiger charge is -2.32. The van der Waals surface area contributed by atoms with Crippen LogP contribution in [0.15, 0.2) is 48.1 Å². The van der Waals surface area contributed by atoms with E-state index in [9.17, 15) is 4.79 Å². The zero-order valence-electron chi connectivity index (χ0n) is 20.5. The van der Waals surface area contributed by atoms with Gasteiger partial charge in [0.25, 0.3) is 0 Å². The first-order valence-corrected chi connectivity index (χ1v) is 12.8. The zero-order chi connectivity index (χ0) is 24.9. The van der Waals surface area contributed by atoms with Crippen LogP contribution in [0.25, 0.3) is 26.8 Å². The van der Waals surface area contributed by atoms with Gasteiger partial charge in [-0.3, -0.25) is 0 Å². The molecule has 0 unspecified atom stereocenters. The van der Waals surface area contributed by atoms with Gasteiger partial charge < -0.3 is 29.6 Å². The number of nitrogens with zero attached hydrogens (tertiary/aromatic N) is 4. The van der Waals surface area contributed by atoms with Crippen LogP contribution in [0.4, 0.5) is 16.2 Å². The van der Waals surface area contributed by atoms with E-state index in [1.165, 1.54) is 5.57 Å². The molecule has 2 amide bonds. The molecule has 1 aromatic carbocycles. The van der Waals surface area contributed by atoms with Gasteiger partial charge in [-0.2, -0.15) is 0 Å². The molecule has 0 aliphatic carbocycles. The molecule has 1 aliphatic rings. The van der Waals surface area contributed by atoms with Crippen molar-refractivity contribution in [2.75, 3.05) is 58.9 Å². The Morgan fingerprint density at radius 2 is 2.00 bits per heavy atom. The van der Waals surface area contributed by atoms with Gasteiger partial charge >= 0.3 is 6.03 Å². The number of benzene rings is 1. The highest BCUT2D eigenvalue weighted by Gasteiger charge is 2.23. The van der Waals surface area contributed by atoms with Crippen molar-refractivity contribution in [1.82, 2.24) is 24.8 Å². The van der Waals surface area contributed by atoms with Crippen LogP contribution in [0.3, 0.4) is 0 Å². The third-order valence-electron chi connectivity index (χ3n) is 6.37. The number of nitrogens with one attached hydrogen (secondary N) is 2. The highest BCUT2D eigenvalue weighted by molar-refractivity contribution is 7.16. The second-order valence-corrected chi connectivity index (χ2v) is 9.53. The smallest absolute Gasteiger partial charge is 0.320 e. The first-order valence-electron chi connectivity index (χ1n) is 12.0. The van der Waals surface area contributed by atoms with Crippen LogP contribution in [-0.4, -0.2) is 84.4 Å². The first-order chi connectivity index (χ1) is 17.7. The van der Waals surface area contributed by atoms with Crippen LogP contribution in [0, 0.1) is 0 Å². The molecule has 0 fully saturated rings. The van der Waals surface area contributed by atoms with Crippen LogP contribution >= 0.6 is 11.3 Å². The molecule has 188 valence electrons. The van der Waals surface area contributed by atoms with Crippen LogP contribution in [0.2, 0.25) is 0 Å². The molecule has 3 aromatic heterocycles. The first kappa shape index (κ1) is 24.2. The summed E-state index contributed by atoms with van der Waals surface area (Å²) in [6.07, 6.45) is 4.70. The number of aromatic amines is 1. The summed E-state index contributed by atoms with van der Waals surface area (Å²) >= 11 is 1.63. The average molecular weight is 507 g/mol. The number of hydrogen-bond acceptors (Lipinski definition) is 7. The Balaban J connectivity index is 1.31. The predicted octanol–water partition coefficient (Wildman–Crippen LogP) is 4.72. The van der Waals surface area contributed by atoms with E-state index in [0.717, 1.165) is 44.7 Å². The number of urea groups is 1. The van der Waals surface area contributed by atoms with Crippen molar-refractivity contribution in [2.24, 2.45) is 0 Å². The maximum Gasteiger partial charge on any atom is 0.320 e. The molecule has 0 saturated heterocycles. The van der Waals surface area contributed by atoms with Crippen molar-refractivity contribution in [2.45, 2.75) is 6.42 Å². The number of pyridine rings is 1. The minimum absolute atomic E-state index is 0.0158. The highest BCUT2D eigenvalue weighted by Crippen LogP contribution is 2.31. The van der Waals surface area contributed by atoms with Crippen molar-refractivity contribution in [1.29, 1.82) is 0 Å². The van der Waals surface area contributed by atoms with Gasteiger partial charge in [0, 0.05) is 63.4 Å². The van der Waals surface area contributed by atoms with E-state index in [2.05, 4.69) is 38.5 Å². The summed E-state index contributed by atoms with van der Waals surface area (Å²) in [7, 11) is 3.29. The normalized spacial score (nSPS) is 13.8. The lowest BCUT2D eigenvalue weighted by atomic mass is 10.0. The van der Waals surface area contributed by atoms with Crippen LogP contribution in [0.1, 0.15) is 12.1 Å². The second-order valence-electron chi connectivity index (χ2n) is 8.64.